The van der Waals surface area contributed by atoms with Crippen molar-refractivity contribution in [2.75, 3.05) is 33.3 Å². The summed E-state index contributed by atoms with van der Waals surface area (Å²) in [7, 11) is 1.60. The van der Waals surface area contributed by atoms with Crippen LogP contribution in [0.4, 0.5) is 0 Å². The van der Waals surface area contributed by atoms with E-state index in [4.69, 9.17) is 18.9 Å². The fourth-order valence-corrected chi connectivity index (χ4v) is 8.22. The van der Waals surface area contributed by atoms with Crippen molar-refractivity contribution < 1.29 is 44.2 Å². The van der Waals surface area contributed by atoms with E-state index in [0.29, 0.717) is 32.4 Å². The number of hydrogen-bond acceptors (Lipinski definition) is 11. The minimum absolute atomic E-state index is 0.0777. The number of aliphatic hydroxyl groups excluding tert-OH is 1. The molecule has 1 unspecified atom stereocenters. The van der Waals surface area contributed by atoms with Crippen molar-refractivity contribution in [3.63, 3.8) is 0 Å². The predicted octanol–water partition coefficient (Wildman–Crippen LogP) is 2.99. The molecule has 0 spiro atoms. The number of aliphatic hydroxyl groups is 4. The average molecular weight is 659 g/mol. The number of nitrogens with zero attached hydrogens (tertiary/aromatic N) is 1. The zero-order chi connectivity index (χ0) is 34.7. The van der Waals surface area contributed by atoms with Crippen LogP contribution in [0.25, 0.3) is 0 Å². The van der Waals surface area contributed by atoms with Crippen LogP contribution >= 0.6 is 0 Å². The van der Waals surface area contributed by atoms with Crippen LogP contribution in [0.5, 0.6) is 0 Å². The molecule has 0 aromatic carbocycles. The van der Waals surface area contributed by atoms with Gasteiger partial charge in [0, 0.05) is 32.7 Å². The molecule has 3 fully saturated rings. The highest BCUT2D eigenvalue weighted by molar-refractivity contribution is 5.73. The van der Waals surface area contributed by atoms with Gasteiger partial charge in [-0.05, 0) is 98.6 Å². The maximum Gasteiger partial charge on any atom is 0.311 e. The molecule has 5 N–H and O–H groups in total. The summed E-state index contributed by atoms with van der Waals surface area (Å²) in [5.74, 6) is -2.01. The molecule has 0 saturated carbocycles. The van der Waals surface area contributed by atoms with Crippen LogP contribution in [0, 0.1) is 17.8 Å². The lowest BCUT2D eigenvalue weighted by Crippen LogP contribution is -2.70. The van der Waals surface area contributed by atoms with Gasteiger partial charge < -0.3 is 49.6 Å². The minimum Gasteiger partial charge on any atom is -0.459 e. The summed E-state index contributed by atoms with van der Waals surface area (Å²) in [6, 6.07) is -0.0777. The number of cyclic esters (lactones) is 1. The Morgan fingerprint density at radius 2 is 1.59 bits per heavy atom. The summed E-state index contributed by atoms with van der Waals surface area (Å²) in [5.41, 5.74) is -5.07. The van der Waals surface area contributed by atoms with E-state index in [1.54, 1.807) is 21.0 Å². The second kappa shape index (κ2) is 15.8. The van der Waals surface area contributed by atoms with Gasteiger partial charge in [0.1, 0.15) is 22.9 Å². The molecule has 0 aromatic heterocycles. The largest absolute Gasteiger partial charge is 0.459 e. The Hall–Kier alpha value is -0.890. The number of esters is 1. The molecule has 3 aliphatic heterocycles. The lowest BCUT2D eigenvalue weighted by atomic mass is 9.74. The third-order valence-corrected chi connectivity index (χ3v) is 11.3. The molecule has 13 atom stereocenters. The van der Waals surface area contributed by atoms with Gasteiger partial charge in [-0.25, -0.2) is 0 Å². The lowest BCUT2D eigenvalue weighted by molar-refractivity contribution is -0.332. The molecular weight excluding hydrogens is 592 g/mol. The van der Waals surface area contributed by atoms with Gasteiger partial charge in [0.2, 0.25) is 0 Å². The molecule has 3 saturated heterocycles. The first-order chi connectivity index (χ1) is 21.3. The van der Waals surface area contributed by atoms with Crippen molar-refractivity contribution in [1.82, 2.24) is 10.2 Å². The van der Waals surface area contributed by atoms with E-state index in [2.05, 4.69) is 10.2 Å². The molecule has 3 heterocycles. The van der Waals surface area contributed by atoms with Gasteiger partial charge in [-0.2, -0.15) is 0 Å². The van der Waals surface area contributed by atoms with Crippen LogP contribution in [-0.2, 0) is 23.7 Å². The molecule has 3 rings (SSSR count). The quantitative estimate of drug-likeness (QED) is 0.268. The SMILES string of the molecule is CC[C@@H]1OC(=O)[C@H](C)[C@H](OC2C[C@@](C)(OC)[C@](O)(CN3CCCCC3)[C@H](C)O2)[C@@H](C)C[C@](C)(O)C[C@@H](C)NC[C@@H](C)[C@H](O)[C@]1(C)O. The molecule has 11 heteroatoms. The molecular formula is C35H66N2O9. The molecule has 0 bridgehead atoms. The Morgan fingerprint density at radius 1 is 0.957 bits per heavy atom. The van der Waals surface area contributed by atoms with Crippen molar-refractivity contribution in [2.24, 2.45) is 17.8 Å². The number of piperidine rings is 1. The normalized spacial score (nSPS) is 47.9. The van der Waals surface area contributed by atoms with Crippen LogP contribution in [0.2, 0.25) is 0 Å². The van der Waals surface area contributed by atoms with E-state index in [1.165, 1.54) is 13.3 Å². The maximum absolute atomic E-state index is 13.8. The van der Waals surface area contributed by atoms with E-state index < -0.39 is 65.0 Å². The first kappa shape index (κ1) is 39.5. The number of rotatable bonds is 6. The van der Waals surface area contributed by atoms with E-state index in [0.717, 1.165) is 25.9 Å². The molecule has 46 heavy (non-hydrogen) atoms. The fraction of sp³-hybridized carbons (Fsp3) is 0.971. The van der Waals surface area contributed by atoms with Gasteiger partial charge in [-0.1, -0.05) is 27.2 Å². The zero-order valence-corrected chi connectivity index (χ0v) is 30.3. The van der Waals surface area contributed by atoms with Crippen molar-refractivity contribution in [3.8, 4) is 0 Å². The predicted molar refractivity (Wildman–Crippen MR) is 176 cm³/mol. The van der Waals surface area contributed by atoms with Gasteiger partial charge in [-0.3, -0.25) is 4.79 Å². The number of nitrogens with one attached hydrogen (secondary N) is 1. The molecule has 0 radical (unpaired) electrons. The molecule has 0 aliphatic carbocycles. The monoisotopic (exact) mass is 658 g/mol. The standard InChI is InChI=1S/C35H66N2O9/c1-11-27-34(9,41)30(38)23(3)20-36-24(4)18-32(7,40)17-22(2)29(25(5)31(39)45-27)46-28-19-33(8,43-10)35(42,26(6)44-28)21-37-15-13-12-14-16-37/h22-30,36,38,40-42H,11-21H2,1-10H3/t22-,23+,24+,25+,26-,27-,28?,29+,30-,32-,33+,34+,35-/m0/s1. The summed E-state index contributed by atoms with van der Waals surface area (Å²) in [4.78, 5) is 16.1. The van der Waals surface area contributed by atoms with E-state index in [1.807, 2.05) is 41.5 Å². The average Bonchev–Trinajstić information content (AvgIpc) is 2.98. The van der Waals surface area contributed by atoms with Gasteiger partial charge in [0.15, 0.2) is 6.29 Å². The summed E-state index contributed by atoms with van der Waals surface area (Å²) in [6.45, 7) is 19.0. The summed E-state index contributed by atoms with van der Waals surface area (Å²) >= 11 is 0. The number of ether oxygens (including phenoxy) is 4. The number of carbonyl (C=O) groups is 1. The first-order valence-corrected chi connectivity index (χ1v) is 17.7. The number of carbonyl (C=O) groups excluding carboxylic acids is 1. The number of likely N-dealkylation sites (tertiary alicyclic amines) is 1. The van der Waals surface area contributed by atoms with Crippen molar-refractivity contribution in [3.05, 3.63) is 0 Å². The van der Waals surface area contributed by atoms with Crippen LogP contribution in [0.3, 0.4) is 0 Å². The molecule has 0 aromatic rings. The van der Waals surface area contributed by atoms with Crippen LogP contribution in [-0.4, -0.2) is 124 Å². The zero-order valence-electron chi connectivity index (χ0n) is 30.3. The van der Waals surface area contributed by atoms with Gasteiger partial charge in [0.05, 0.1) is 29.8 Å². The Kier molecular flexibility index (Phi) is 13.6. The molecule has 3 aliphatic rings. The Bertz CT molecular complexity index is 976. The highest BCUT2D eigenvalue weighted by atomic mass is 16.7. The highest BCUT2D eigenvalue weighted by Crippen LogP contribution is 2.43. The van der Waals surface area contributed by atoms with Gasteiger partial charge >= 0.3 is 5.97 Å². The first-order valence-electron chi connectivity index (χ1n) is 17.7. The maximum atomic E-state index is 13.8. The Labute approximate surface area is 277 Å². The minimum atomic E-state index is -1.69. The molecule has 11 nitrogen and oxygen atoms in total. The Balaban J connectivity index is 1.92. The molecule has 270 valence electrons. The smallest absolute Gasteiger partial charge is 0.311 e. The van der Waals surface area contributed by atoms with Crippen LogP contribution < -0.4 is 5.32 Å². The summed E-state index contributed by atoms with van der Waals surface area (Å²) < 4.78 is 25.0. The summed E-state index contributed by atoms with van der Waals surface area (Å²) in [6.07, 6.45) is 0.426. The van der Waals surface area contributed by atoms with E-state index >= 15 is 0 Å². The van der Waals surface area contributed by atoms with E-state index in [-0.39, 0.29) is 24.3 Å². The van der Waals surface area contributed by atoms with Crippen molar-refractivity contribution >= 4 is 5.97 Å². The van der Waals surface area contributed by atoms with Gasteiger partial charge in [0.25, 0.3) is 0 Å². The van der Waals surface area contributed by atoms with Crippen LogP contribution in [0.15, 0.2) is 0 Å². The number of hydrogen-bond donors (Lipinski definition) is 5. The lowest BCUT2D eigenvalue weighted by Gasteiger charge is -2.54. The van der Waals surface area contributed by atoms with E-state index in [9.17, 15) is 25.2 Å². The second-order valence-electron chi connectivity index (χ2n) is 15.7. The Morgan fingerprint density at radius 3 is 2.17 bits per heavy atom. The fourth-order valence-electron chi connectivity index (χ4n) is 8.22. The van der Waals surface area contributed by atoms with Crippen LogP contribution in [0.1, 0.15) is 107 Å². The second-order valence-corrected chi connectivity index (χ2v) is 15.7. The highest BCUT2D eigenvalue weighted by Gasteiger charge is 2.58. The van der Waals surface area contributed by atoms with Crippen molar-refractivity contribution in [1.29, 1.82) is 0 Å². The third kappa shape index (κ3) is 9.01. The third-order valence-electron chi connectivity index (χ3n) is 11.3. The number of β-amino-alcohol motifs (C(OH)–C–C–N with tert-alkyl or cyclic N) is 1. The van der Waals surface area contributed by atoms with Gasteiger partial charge in [-0.15, -0.1) is 0 Å². The molecule has 0 amide bonds. The number of methoxy groups -OCH3 is 1. The topological polar surface area (TPSA) is 150 Å². The summed E-state index contributed by atoms with van der Waals surface area (Å²) in [5, 5.41) is 49.6. The van der Waals surface area contributed by atoms with Crippen molar-refractivity contribution in [2.45, 2.75) is 166 Å².